The lowest BCUT2D eigenvalue weighted by Crippen LogP contribution is -2.13. The number of hydrogen-bond donors (Lipinski definition) is 1. The second-order valence-electron chi connectivity index (χ2n) is 3.32. The Morgan fingerprint density at radius 2 is 1.94 bits per heavy atom. The van der Waals surface area contributed by atoms with E-state index >= 15 is 0 Å². The number of benzene rings is 1. The van der Waals surface area contributed by atoms with Crippen molar-refractivity contribution in [2.24, 2.45) is 0 Å². The second kappa shape index (κ2) is 5.29. The van der Waals surface area contributed by atoms with Crippen LogP contribution in [0.3, 0.4) is 0 Å². The van der Waals surface area contributed by atoms with Crippen LogP contribution in [0.25, 0.3) is 0 Å². The van der Waals surface area contributed by atoms with E-state index in [2.05, 4.69) is 15.5 Å². The number of aromatic nitrogens is 2. The topological polar surface area (TPSA) is 54.9 Å². The van der Waals surface area contributed by atoms with Crippen molar-refractivity contribution in [1.82, 2.24) is 10.2 Å². The molecule has 7 heteroatoms. The minimum atomic E-state index is -0.584. The first-order chi connectivity index (χ1) is 8.56. The van der Waals surface area contributed by atoms with Gasteiger partial charge in [-0.1, -0.05) is 23.2 Å². The van der Waals surface area contributed by atoms with Gasteiger partial charge in [-0.15, -0.1) is 10.2 Å². The van der Waals surface area contributed by atoms with Gasteiger partial charge in [-0.3, -0.25) is 4.79 Å². The van der Waals surface area contributed by atoms with Gasteiger partial charge in [0.05, 0.1) is 5.02 Å². The number of carbonyl (C=O) groups is 1. The third-order valence-electron chi connectivity index (χ3n) is 2.06. The van der Waals surface area contributed by atoms with Crippen LogP contribution in [0.2, 0.25) is 10.2 Å². The van der Waals surface area contributed by atoms with E-state index in [0.717, 1.165) is 6.07 Å². The maximum absolute atomic E-state index is 12.9. The van der Waals surface area contributed by atoms with Gasteiger partial charge in [0, 0.05) is 5.56 Å². The number of rotatable bonds is 2. The molecule has 0 atom stereocenters. The Bertz CT molecular complexity index is 589. The summed E-state index contributed by atoms with van der Waals surface area (Å²) in [6, 6.07) is 6.65. The van der Waals surface area contributed by atoms with Crippen molar-refractivity contribution in [3.8, 4) is 0 Å². The summed E-state index contributed by atoms with van der Waals surface area (Å²) in [5, 5.41) is 9.81. The predicted molar refractivity (Wildman–Crippen MR) is 66.4 cm³/mol. The largest absolute Gasteiger partial charge is 0.305 e. The lowest BCUT2D eigenvalue weighted by atomic mass is 10.2. The van der Waals surface area contributed by atoms with Gasteiger partial charge in [-0.25, -0.2) is 4.39 Å². The van der Waals surface area contributed by atoms with Crippen molar-refractivity contribution >= 4 is 34.9 Å². The maximum Gasteiger partial charge on any atom is 0.256 e. The zero-order chi connectivity index (χ0) is 13.1. The fraction of sp³-hybridized carbons (Fsp3) is 0. The van der Waals surface area contributed by atoms with Gasteiger partial charge in [0.15, 0.2) is 11.0 Å². The van der Waals surface area contributed by atoms with Crippen LogP contribution in [0.5, 0.6) is 0 Å². The van der Waals surface area contributed by atoms with E-state index in [1.165, 1.54) is 24.3 Å². The number of halogens is 3. The maximum atomic E-state index is 12.9. The van der Waals surface area contributed by atoms with Gasteiger partial charge in [0.25, 0.3) is 5.91 Å². The molecule has 0 unspecified atom stereocenters. The molecule has 1 N–H and O–H groups in total. The molecule has 92 valence electrons. The molecular weight excluding hydrogens is 280 g/mol. The molecule has 0 saturated heterocycles. The fourth-order valence-corrected chi connectivity index (χ4v) is 1.49. The monoisotopic (exact) mass is 285 g/mol. The first-order valence-electron chi connectivity index (χ1n) is 4.82. The molecule has 0 fully saturated rings. The normalized spacial score (nSPS) is 10.2. The highest BCUT2D eigenvalue weighted by Crippen LogP contribution is 2.17. The zero-order valence-corrected chi connectivity index (χ0v) is 10.3. The third kappa shape index (κ3) is 2.94. The Morgan fingerprint density at radius 3 is 2.56 bits per heavy atom. The number of nitrogens with one attached hydrogen (secondary N) is 1. The third-order valence-corrected chi connectivity index (χ3v) is 2.55. The summed E-state index contributed by atoms with van der Waals surface area (Å²) >= 11 is 11.1. The highest BCUT2D eigenvalue weighted by Gasteiger charge is 2.09. The molecule has 1 aromatic carbocycles. The Labute approximate surface area is 112 Å². The molecule has 0 bridgehead atoms. The highest BCUT2D eigenvalue weighted by atomic mass is 35.5. The molecular formula is C11H6Cl2FN3O. The van der Waals surface area contributed by atoms with Crippen molar-refractivity contribution in [2.75, 3.05) is 5.32 Å². The summed E-state index contributed by atoms with van der Waals surface area (Å²) < 4.78 is 12.9. The zero-order valence-electron chi connectivity index (χ0n) is 8.82. The Balaban J connectivity index is 2.16. The van der Waals surface area contributed by atoms with E-state index in [1.54, 1.807) is 0 Å². The van der Waals surface area contributed by atoms with Crippen LogP contribution in [-0.2, 0) is 0 Å². The van der Waals surface area contributed by atoms with Gasteiger partial charge in [0.1, 0.15) is 5.82 Å². The summed E-state index contributed by atoms with van der Waals surface area (Å²) in [6.45, 7) is 0. The van der Waals surface area contributed by atoms with Crippen LogP contribution >= 0.6 is 23.2 Å². The SMILES string of the molecule is O=C(Nc1ccc(Cl)nn1)c1ccc(F)c(Cl)c1. The lowest BCUT2D eigenvalue weighted by molar-refractivity contribution is 0.102. The molecule has 0 aliphatic rings. The number of anilines is 1. The van der Waals surface area contributed by atoms with E-state index < -0.39 is 11.7 Å². The molecule has 0 radical (unpaired) electrons. The van der Waals surface area contributed by atoms with Crippen molar-refractivity contribution in [2.45, 2.75) is 0 Å². The minimum Gasteiger partial charge on any atom is -0.305 e. The van der Waals surface area contributed by atoms with Crippen LogP contribution < -0.4 is 5.32 Å². The van der Waals surface area contributed by atoms with Crippen LogP contribution in [-0.4, -0.2) is 16.1 Å². The van der Waals surface area contributed by atoms with Crippen molar-refractivity contribution in [3.05, 3.63) is 51.9 Å². The molecule has 2 rings (SSSR count). The van der Waals surface area contributed by atoms with Gasteiger partial charge in [0.2, 0.25) is 0 Å². The molecule has 1 aromatic heterocycles. The fourth-order valence-electron chi connectivity index (χ4n) is 1.21. The van der Waals surface area contributed by atoms with Gasteiger partial charge >= 0.3 is 0 Å². The Hall–Kier alpha value is -1.72. The summed E-state index contributed by atoms with van der Waals surface area (Å²) in [6.07, 6.45) is 0. The molecule has 4 nitrogen and oxygen atoms in total. The smallest absolute Gasteiger partial charge is 0.256 e. The molecule has 1 heterocycles. The van der Waals surface area contributed by atoms with Crippen molar-refractivity contribution in [1.29, 1.82) is 0 Å². The second-order valence-corrected chi connectivity index (χ2v) is 4.12. The van der Waals surface area contributed by atoms with E-state index in [4.69, 9.17) is 23.2 Å². The molecule has 0 saturated carbocycles. The molecule has 0 aliphatic carbocycles. The molecule has 1 amide bonds. The standard InChI is InChI=1S/C11H6Cl2FN3O/c12-7-5-6(1-2-8(7)14)11(18)15-10-4-3-9(13)16-17-10/h1-5H,(H,15,17,18). The first-order valence-corrected chi connectivity index (χ1v) is 5.57. The van der Waals surface area contributed by atoms with Crippen molar-refractivity contribution < 1.29 is 9.18 Å². The summed E-state index contributed by atoms with van der Waals surface area (Å²) in [5.41, 5.74) is 0.221. The van der Waals surface area contributed by atoms with Crippen LogP contribution in [0.15, 0.2) is 30.3 Å². The molecule has 0 aliphatic heterocycles. The minimum absolute atomic E-state index is 0.121. The summed E-state index contributed by atoms with van der Waals surface area (Å²) in [7, 11) is 0. The summed E-state index contributed by atoms with van der Waals surface area (Å²) in [4.78, 5) is 11.8. The number of hydrogen-bond acceptors (Lipinski definition) is 3. The van der Waals surface area contributed by atoms with Crippen LogP contribution in [0, 0.1) is 5.82 Å². The van der Waals surface area contributed by atoms with Crippen LogP contribution in [0.1, 0.15) is 10.4 Å². The van der Waals surface area contributed by atoms with E-state index in [0.29, 0.717) is 0 Å². The highest BCUT2D eigenvalue weighted by molar-refractivity contribution is 6.31. The first kappa shape index (κ1) is 12.7. The molecule has 18 heavy (non-hydrogen) atoms. The van der Waals surface area contributed by atoms with E-state index in [-0.39, 0.29) is 21.6 Å². The Kier molecular flexibility index (Phi) is 3.74. The Morgan fingerprint density at radius 1 is 1.17 bits per heavy atom. The molecule has 0 spiro atoms. The summed E-state index contributed by atoms with van der Waals surface area (Å²) in [5.74, 6) is -0.808. The predicted octanol–water partition coefficient (Wildman–Crippen LogP) is 3.17. The molecule has 2 aromatic rings. The average Bonchev–Trinajstić information content (AvgIpc) is 2.35. The van der Waals surface area contributed by atoms with Crippen LogP contribution in [0.4, 0.5) is 10.2 Å². The van der Waals surface area contributed by atoms with E-state index in [1.807, 2.05) is 0 Å². The number of amides is 1. The van der Waals surface area contributed by atoms with Gasteiger partial charge < -0.3 is 5.32 Å². The van der Waals surface area contributed by atoms with Gasteiger partial charge in [-0.2, -0.15) is 0 Å². The van der Waals surface area contributed by atoms with Crippen molar-refractivity contribution in [3.63, 3.8) is 0 Å². The average molecular weight is 286 g/mol. The number of carbonyl (C=O) groups excluding carboxylic acids is 1. The van der Waals surface area contributed by atoms with E-state index in [9.17, 15) is 9.18 Å². The van der Waals surface area contributed by atoms with Gasteiger partial charge in [-0.05, 0) is 30.3 Å². The quantitative estimate of drug-likeness (QED) is 0.922. The number of nitrogens with zero attached hydrogens (tertiary/aromatic N) is 2. The lowest BCUT2D eigenvalue weighted by Gasteiger charge is -2.04.